The lowest BCUT2D eigenvalue weighted by Gasteiger charge is -2.63. The Kier molecular flexibility index (Phi) is 8.73. The molecule has 2 unspecified atom stereocenters. The summed E-state index contributed by atoms with van der Waals surface area (Å²) < 4.78 is 97.2. The predicted octanol–water partition coefficient (Wildman–Crippen LogP) is 8.56. The van der Waals surface area contributed by atoms with Crippen molar-refractivity contribution in [3.63, 3.8) is 0 Å². The van der Waals surface area contributed by atoms with Gasteiger partial charge in [-0.25, -0.2) is 4.79 Å². The number of ether oxygens (including phenoxy) is 3. The fraction of sp³-hybridized carbons (Fsp3) is 0.457. The summed E-state index contributed by atoms with van der Waals surface area (Å²) in [7, 11) is -0.0146. The normalized spacial score (nSPS) is 28.7. The molecule has 2 atom stereocenters. The molecule has 11 heteroatoms. The Balaban J connectivity index is 0.000000172. The largest absolute Gasteiger partial charge is 0.455 e. The Morgan fingerprint density at radius 3 is 1.48 bits per heavy atom. The highest BCUT2D eigenvalue weighted by Crippen LogP contribution is 2.64. The SMILES string of the molecule is CC(F)(F)C(=O)OC12CC3CC(C1)C1(OCC(F)(F)C(F)(F)CO1)C(C3)C2.c1ccc([S+](c2ccccc2)c2ccccc2)cc1. The maximum Gasteiger partial charge on any atom is 0.377 e. The third-order valence-corrected chi connectivity index (χ3v) is 11.6. The summed E-state index contributed by atoms with van der Waals surface area (Å²) in [6, 6.07) is 32.2. The molecular weight excluding hydrogens is 630 g/mol. The molecule has 4 bridgehead atoms. The summed E-state index contributed by atoms with van der Waals surface area (Å²) in [4.78, 5) is 15.8. The van der Waals surface area contributed by atoms with Crippen LogP contribution in [0.4, 0.5) is 26.3 Å². The molecule has 4 nitrogen and oxygen atoms in total. The lowest BCUT2D eigenvalue weighted by Crippen LogP contribution is -2.66. The van der Waals surface area contributed by atoms with Crippen LogP contribution in [0.1, 0.15) is 39.0 Å². The summed E-state index contributed by atoms with van der Waals surface area (Å²) in [6.07, 6.45) is 1.47. The van der Waals surface area contributed by atoms with Gasteiger partial charge in [0.15, 0.2) is 20.5 Å². The molecule has 246 valence electrons. The molecule has 4 saturated carbocycles. The molecular formula is C35H35F6O4S+. The highest BCUT2D eigenvalue weighted by molar-refractivity contribution is 7.97. The van der Waals surface area contributed by atoms with Gasteiger partial charge in [-0.1, -0.05) is 54.6 Å². The zero-order valence-corrected chi connectivity index (χ0v) is 26.0. The standard InChI is InChI=1S/C18H15S.C17H20F6O4/c1-4-10-16(11-5-1)19(17-12-6-2-7-13-17)18-14-8-3-9-15-18;1-13(18,19)12(24)27-14-4-9-2-10(5-14)17(11(3-9)6-14)25-7-15(20,21)16(22,23)8-26-17/h1-15H;9-11H,2-8H2,1H3/q+1;. The molecule has 1 spiro atoms. The molecule has 3 aromatic carbocycles. The van der Waals surface area contributed by atoms with E-state index in [1.54, 1.807) is 0 Å². The van der Waals surface area contributed by atoms with Crippen LogP contribution in [0.25, 0.3) is 0 Å². The van der Waals surface area contributed by atoms with E-state index in [1.807, 2.05) is 0 Å². The summed E-state index contributed by atoms with van der Waals surface area (Å²) in [5.74, 6) is -16.8. The number of hydrogen-bond donors (Lipinski definition) is 0. The lowest BCUT2D eigenvalue weighted by atomic mass is 9.51. The van der Waals surface area contributed by atoms with Crippen molar-refractivity contribution in [1.29, 1.82) is 0 Å². The quantitative estimate of drug-likeness (QED) is 0.156. The zero-order valence-electron chi connectivity index (χ0n) is 25.2. The fourth-order valence-electron chi connectivity index (χ4n) is 7.48. The second kappa shape index (κ2) is 12.2. The van der Waals surface area contributed by atoms with Gasteiger partial charge in [0.05, 0.1) is 10.9 Å². The van der Waals surface area contributed by atoms with Crippen LogP contribution in [-0.2, 0) is 29.9 Å². The number of rotatable bonds is 5. The van der Waals surface area contributed by atoms with Crippen molar-refractivity contribution < 1.29 is 45.3 Å². The summed E-state index contributed by atoms with van der Waals surface area (Å²) in [5.41, 5.74) is -1.15. The van der Waals surface area contributed by atoms with Crippen LogP contribution in [0.5, 0.6) is 0 Å². The van der Waals surface area contributed by atoms with Gasteiger partial charge in [-0.15, -0.1) is 0 Å². The molecule has 1 saturated heterocycles. The summed E-state index contributed by atoms with van der Waals surface area (Å²) in [6.45, 7) is -2.51. The number of carbonyl (C=O) groups excluding carboxylic acids is 1. The van der Waals surface area contributed by atoms with Crippen LogP contribution in [0.2, 0.25) is 0 Å². The average Bonchev–Trinajstić information content (AvgIpc) is 3.11. The van der Waals surface area contributed by atoms with Crippen LogP contribution in [-0.4, -0.2) is 48.3 Å². The van der Waals surface area contributed by atoms with Gasteiger partial charge in [-0.2, -0.15) is 26.3 Å². The number of carbonyl (C=O) groups is 1. The molecule has 8 rings (SSSR count). The predicted molar refractivity (Wildman–Crippen MR) is 159 cm³/mol. The molecule has 0 radical (unpaired) electrons. The molecule has 0 aromatic heterocycles. The average molecular weight is 666 g/mol. The Bertz CT molecular complexity index is 1370. The van der Waals surface area contributed by atoms with Crippen molar-refractivity contribution >= 4 is 16.9 Å². The van der Waals surface area contributed by atoms with Crippen molar-refractivity contribution in [2.45, 2.75) is 82.9 Å². The third kappa shape index (κ3) is 6.30. The van der Waals surface area contributed by atoms with Gasteiger partial charge in [-0.3, -0.25) is 0 Å². The molecule has 3 aromatic rings. The highest BCUT2D eigenvalue weighted by atomic mass is 32.2. The van der Waals surface area contributed by atoms with Crippen molar-refractivity contribution in [3.8, 4) is 0 Å². The van der Waals surface area contributed by atoms with Crippen molar-refractivity contribution in [2.75, 3.05) is 13.2 Å². The molecule has 1 aliphatic heterocycles. The second-order valence-corrected chi connectivity index (χ2v) is 14.8. The highest BCUT2D eigenvalue weighted by Gasteiger charge is 2.70. The first-order chi connectivity index (χ1) is 21.7. The molecule has 1 heterocycles. The molecule has 5 fully saturated rings. The smallest absolute Gasteiger partial charge is 0.377 e. The van der Waals surface area contributed by atoms with E-state index in [9.17, 15) is 31.1 Å². The van der Waals surface area contributed by atoms with Gasteiger partial charge in [0.1, 0.15) is 18.8 Å². The van der Waals surface area contributed by atoms with Crippen LogP contribution in [0, 0.1) is 17.8 Å². The van der Waals surface area contributed by atoms with E-state index < -0.39 is 60.2 Å². The fourth-order valence-corrected chi connectivity index (χ4v) is 9.58. The van der Waals surface area contributed by atoms with Gasteiger partial charge in [0.2, 0.25) is 0 Å². The van der Waals surface area contributed by atoms with Crippen LogP contribution in [0.3, 0.4) is 0 Å². The molecule has 0 amide bonds. The lowest BCUT2D eigenvalue weighted by molar-refractivity contribution is -0.355. The van der Waals surface area contributed by atoms with E-state index in [0.717, 1.165) is 0 Å². The first-order valence-electron chi connectivity index (χ1n) is 15.3. The first kappa shape index (κ1) is 32.9. The Morgan fingerprint density at radius 2 is 1.11 bits per heavy atom. The Morgan fingerprint density at radius 1 is 0.717 bits per heavy atom. The number of esters is 1. The van der Waals surface area contributed by atoms with Crippen LogP contribution >= 0.6 is 0 Å². The van der Waals surface area contributed by atoms with Crippen molar-refractivity contribution in [3.05, 3.63) is 91.0 Å². The number of hydrogen-bond acceptors (Lipinski definition) is 4. The van der Waals surface area contributed by atoms with Gasteiger partial charge < -0.3 is 14.2 Å². The third-order valence-electron chi connectivity index (χ3n) is 9.37. The van der Waals surface area contributed by atoms with E-state index in [0.29, 0.717) is 26.2 Å². The van der Waals surface area contributed by atoms with E-state index in [1.165, 1.54) is 14.7 Å². The minimum Gasteiger partial charge on any atom is -0.455 e. The van der Waals surface area contributed by atoms with Crippen molar-refractivity contribution in [1.82, 2.24) is 0 Å². The monoisotopic (exact) mass is 665 g/mol. The number of benzene rings is 3. The molecule has 4 aliphatic carbocycles. The maximum atomic E-state index is 13.7. The van der Waals surface area contributed by atoms with Crippen molar-refractivity contribution in [2.24, 2.45) is 17.8 Å². The number of halogens is 6. The van der Waals surface area contributed by atoms with Gasteiger partial charge >= 0.3 is 23.7 Å². The van der Waals surface area contributed by atoms with E-state index >= 15 is 0 Å². The topological polar surface area (TPSA) is 44.8 Å². The van der Waals surface area contributed by atoms with Gasteiger partial charge in [0.25, 0.3) is 0 Å². The minimum atomic E-state index is -4.36. The second-order valence-electron chi connectivity index (χ2n) is 12.8. The van der Waals surface area contributed by atoms with E-state index in [-0.39, 0.29) is 29.7 Å². The van der Waals surface area contributed by atoms with Gasteiger partial charge in [0, 0.05) is 18.8 Å². The molecule has 5 aliphatic rings. The Hall–Kier alpha value is -3.02. The number of alkyl halides is 6. The van der Waals surface area contributed by atoms with Gasteiger partial charge in [-0.05, 0) is 74.4 Å². The first-order valence-corrected chi connectivity index (χ1v) is 16.5. The molecule has 46 heavy (non-hydrogen) atoms. The van der Waals surface area contributed by atoms with Crippen LogP contribution < -0.4 is 0 Å². The van der Waals surface area contributed by atoms with E-state index in [2.05, 4.69) is 91.0 Å². The van der Waals surface area contributed by atoms with Crippen LogP contribution in [0.15, 0.2) is 106 Å². The maximum absolute atomic E-state index is 13.7. The Labute approximate surface area is 266 Å². The molecule has 0 N–H and O–H groups in total. The zero-order chi connectivity index (χ0) is 32.8. The summed E-state index contributed by atoms with van der Waals surface area (Å²) >= 11 is 0. The van der Waals surface area contributed by atoms with E-state index in [4.69, 9.17) is 14.2 Å². The summed E-state index contributed by atoms with van der Waals surface area (Å²) in [5, 5.41) is 0. The minimum absolute atomic E-state index is 0.0146.